The Kier molecular flexibility index (Phi) is 12.6. The number of amides is 1. The molecule has 210 valence electrons. The van der Waals surface area contributed by atoms with Crippen LogP contribution in [0.1, 0.15) is 98.7 Å². The summed E-state index contributed by atoms with van der Waals surface area (Å²) in [6.07, 6.45) is 7.17. The lowest BCUT2D eigenvalue weighted by Gasteiger charge is -2.28. The molecule has 0 radical (unpaired) electrons. The maximum Gasteiger partial charge on any atom is 0.251 e. The standard InChI is InChI=1S/C32H49N3O3/c1-23(2)27-13-10-12-25(16-27)20-33-21-31(36)30-15-24(3)11-8-6-5-7-9-14-34-29-18-26(22-38-4)17-28(19-29)32(37)35-30/h10,12-13,16-19,23-24,30-31,33-34,36H,5-9,11,14-15,20-22H2,1-4H3,(H,35,37)/t24-,30+,31-/m1/s1. The minimum absolute atomic E-state index is 0.154. The van der Waals surface area contributed by atoms with Gasteiger partial charge in [0.15, 0.2) is 0 Å². The average Bonchev–Trinajstić information content (AvgIpc) is 2.89. The Balaban J connectivity index is 1.72. The largest absolute Gasteiger partial charge is 0.390 e. The van der Waals surface area contributed by atoms with E-state index in [9.17, 15) is 9.90 Å². The van der Waals surface area contributed by atoms with Gasteiger partial charge in [0, 0.05) is 38.0 Å². The molecule has 3 atom stereocenters. The molecule has 1 aliphatic heterocycles. The number of benzene rings is 2. The first kappa shape index (κ1) is 30.1. The van der Waals surface area contributed by atoms with Crippen LogP contribution < -0.4 is 16.0 Å². The molecule has 0 fully saturated rings. The van der Waals surface area contributed by atoms with Crippen molar-refractivity contribution in [3.8, 4) is 0 Å². The fourth-order valence-electron chi connectivity index (χ4n) is 5.24. The molecule has 38 heavy (non-hydrogen) atoms. The van der Waals surface area contributed by atoms with Crippen LogP contribution in [-0.4, -0.2) is 43.4 Å². The predicted molar refractivity (Wildman–Crippen MR) is 157 cm³/mol. The number of hydrogen-bond donors (Lipinski definition) is 4. The van der Waals surface area contributed by atoms with Gasteiger partial charge in [0.1, 0.15) is 0 Å². The van der Waals surface area contributed by atoms with E-state index < -0.39 is 6.10 Å². The highest BCUT2D eigenvalue weighted by atomic mass is 16.5. The highest BCUT2D eigenvalue weighted by Crippen LogP contribution is 2.21. The van der Waals surface area contributed by atoms with Gasteiger partial charge in [-0.1, -0.05) is 77.1 Å². The molecule has 6 heteroatoms. The summed E-state index contributed by atoms with van der Waals surface area (Å²) in [5.41, 5.74) is 5.01. The van der Waals surface area contributed by atoms with Crippen molar-refractivity contribution >= 4 is 11.6 Å². The van der Waals surface area contributed by atoms with Crippen LogP contribution in [-0.2, 0) is 17.9 Å². The number of carbonyl (C=O) groups is 1. The molecule has 2 bridgehead atoms. The lowest BCUT2D eigenvalue weighted by atomic mass is 9.92. The van der Waals surface area contributed by atoms with Crippen LogP contribution in [0, 0.1) is 5.92 Å². The van der Waals surface area contributed by atoms with Crippen molar-refractivity contribution in [1.82, 2.24) is 10.6 Å². The monoisotopic (exact) mass is 523 g/mol. The maximum absolute atomic E-state index is 13.4. The summed E-state index contributed by atoms with van der Waals surface area (Å²) in [5.74, 6) is 0.746. The van der Waals surface area contributed by atoms with Crippen LogP contribution >= 0.6 is 0 Å². The van der Waals surface area contributed by atoms with Crippen molar-refractivity contribution < 1.29 is 14.6 Å². The smallest absolute Gasteiger partial charge is 0.251 e. The minimum atomic E-state index is -0.687. The normalized spacial score (nSPS) is 20.5. The molecule has 0 saturated carbocycles. The molecule has 1 amide bonds. The van der Waals surface area contributed by atoms with Gasteiger partial charge >= 0.3 is 0 Å². The number of hydrogen-bond acceptors (Lipinski definition) is 5. The van der Waals surface area contributed by atoms with Crippen molar-refractivity contribution in [2.24, 2.45) is 5.92 Å². The molecule has 3 rings (SSSR count). The van der Waals surface area contributed by atoms with Crippen molar-refractivity contribution in [3.63, 3.8) is 0 Å². The fourth-order valence-corrected chi connectivity index (χ4v) is 5.24. The molecule has 0 aliphatic carbocycles. The number of nitrogens with one attached hydrogen (secondary N) is 3. The zero-order valence-corrected chi connectivity index (χ0v) is 23.9. The van der Waals surface area contributed by atoms with Crippen LogP contribution in [0.3, 0.4) is 0 Å². The molecule has 6 nitrogen and oxygen atoms in total. The van der Waals surface area contributed by atoms with E-state index in [0.29, 0.717) is 37.1 Å². The zero-order valence-electron chi connectivity index (χ0n) is 23.9. The fraction of sp³-hybridized carbons (Fsp3) is 0.594. The molecule has 0 unspecified atom stereocenters. The lowest BCUT2D eigenvalue weighted by Crippen LogP contribution is -2.48. The summed E-state index contributed by atoms with van der Waals surface area (Å²) in [6.45, 7) is 9.06. The summed E-state index contributed by atoms with van der Waals surface area (Å²) in [5, 5.41) is 21.3. The molecule has 0 saturated heterocycles. The van der Waals surface area contributed by atoms with Gasteiger partial charge in [-0.25, -0.2) is 0 Å². The van der Waals surface area contributed by atoms with Crippen molar-refractivity contribution in [2.75, 3.05) is 25.5 Å². The van der Waals surface area contributed by atoms with Gasteiger partial charge in [0.25, 0.3) is 5.91 Å². The van der Waals surface area contributed by atoms with Gasteiger partial charge < -0.3 is 25.8 Å². The van der Waals surface area contributed by atoms with Crippen molar-refractivity contribution in [1.29, 1.82) is 0 Å². The Labute approximate surface area is 230 Å². The van der Waals surface area contributed by atoms with Crippen LogP contribution in [0.5, 0.6) is 0 Å². The Morgan fingerprint density at radius 3 is 2.63 bits per heavy atom. The Morgan fingerprint density at radius 1 is 1.05 bits per heavy atom. The second kappa shape index (κ2) is 15.9. The molecule has 2 aromatic rings. The summed E-state index contributed by atoms with van der Waals surface area (Å²) >= 11 is 0. The summed E-state index contributed by atoms with van der Waals surface area (Å²) in [4.78, 5) is 13.4. The number of methoxy groups -OCH3 is 1. The number of aliphatic hydroxyl groups excluding tert-OH is 1. The van der Waals surface area contributed by atoms with E-state index in [1.807, 2.05) is 12.1 Å². The van der Waals surface area contributed by atoms with Crippen LogP contribution in [0.4, 0.5) is 5.69 Å². The Bertz CT molecular complexity index is 994. The van der Waals surface area contributed by atoms with E-state index in [2.05, 4.69) is 67.1 Å². The molecule has 0 aromatic heterocycles. The average molecular weight is 524 g/mol. The number of fused-ring (bicyclic) bond motifs is 2. The third-order valence-electron chi connectivity index (χ3n) is 7.51. The summed E-state index contributed by atoms with van der Waals surface area (Å²) in [6, 6.07) is 14.1. The van der Waals surface area contributed by atoms with Gasteiger partial charge in [0.2, 0.25) is 0 Å². The molecular formula is C32H49N3O3. The molecule has 0 spiro atoms. The van der Waals surface area contributed by atoms with E-state index in [4.69, 9.17) is 4.74 Å². The van der Waals surface area contributed by atoms with E-state index in [1.165, 1.54) is 36.8 Å². The first-order valence-corrected chi connectivity index (χ1v) is 14.5. The molecule has 1 aliphatic rings. The van der Waals surface area contributed by atoms with Gasteiger partial charge in [-0.15, -0.1) is 0 Å². The first-order chi connectivity index (χ1) is 18.4. The highest BCUT2D eigenvalue weighted by molar-refractivity contribution is 5.95. The number of aliphatic hydroxyl groups is 1. The van der Waals surface area contributed by atoms with Crippen molar-refractivity contribution in [3.05, 3.63) is 64.7 Å². The molecular weight excluding hydrogens is 474 g/mol. The maximum atomic E-state index is 13.4. The topological polar surface area (TPSA) is 82.6 Å². The van der Waals surface area contributed by atoms with Crippen LogP contribution in [0.2, 0.25) is 0 Å². The van der Waals surface area contributed by atoms with Gasteiger partial charge in [0.05, 0.1) is 18.8 Å². The predicted octanol–water partition coefficient (Wildman–Crippen LogP) is 6.00. The second-order valence-corrected chi connectivity index (χ2v) is 11.4. The van der Waals surface area contributed by atoms with Crippen molar-refractivity contribution in [2.45, 2.75) is 96.9 Å². The number of carbonyl (C=O) groups excluding carboxylic acids is 1. The van der Waals surface area contributed by atoms with Gasteiger partial charge in [-0.05, 0) is 59.6 Å². The summed E-state index contributed by atoms with van der Waals surface area (Å²) in [7, 11) is 1.66. The van der Waals surface area contributed by atoms with Crippen LogP contribution in [0.15, 0.2) is 42.5 Å². The third kappa shape index (κ3) is 10.0. The van der Waals surface area contributed by atoms with E-state index in [-0.39, 0.29) is 11.9 Å². The highest BCUT2D eigenvalue weighted by Gasteiger charge is 2.24. The number of ether oxygens (including phenoxy) is 1. The Morgan fingerprint density at radius 2 is 1.84 bits per heavy atom. The van der Waals surface area contributed by atoms with E-state index >= 15 is 0 Å². The third-order valence-corrected chi connectivity index (χ3v) is 7.51. The van der Waals surface area contributed by atoms with Crippen LogP contribution in [0.25, 0.3) is 0 Å². The van der Waals surface area contributed by atoms with Gasteiger partial charge in [-0.3, -0.25) is 4.79 Å². The Hall–Kier alpha value is -2.41. The first-order valence-electron chi connectivity index (χ1n) is 14.5. The number of anilines is 1. The lowest BCUT2D eigenvalue weighted by molar-refractivity contribution is 0.0792. The molecule has 1 heterocycles. The molecule has 2 aromatic carbocycles. The second-order valence-electron chi connectivity index (χ2n) is 11.4. The minimum Gasteiger partial charge on any atom is -0.390 e. The molecule has 4 N–H and O–H groups in total. The number of rotatable bonds is 8. The van der Waals surface area contributed by atoms with Gasteiger partial charge in [-0.2, -0.15) is 0 Å². The zero-order chi connectivity index (χ0) is 27.3. The quantitative estimate of drug-likeness (QED) is 0.341. The van der Waals surface area contributed by atoms with E-state index in [1.54, 1.807) is 7.11 Å². The SMILES string of the molecule is COCc1cc2cc(c1)C(=O)N[C@H]([C@H](O)CNCc1cccc(C(C)C)c1)C[C@H](C)CCCCCCCN2. The van der Waals surface area contributed by atoms with E-state index in [0.717, 1.165) is 37.1 Å². The summed E-state index contributed by atoms with van der Waals surface area (Å²) < 4.78 is 5.35.